The first kappa shape index (κ1) is 16.8. The molecule has 0 bridgehead atoms. The average molecular weight is 328 g/mol. The summed E-state index contributed by atoms with van der Waals surface area (Å²) in [6, 6.07) is 16.4. The maximum atomic E-state index is 8.83. The lowest BCUT2D eigenvalue weighted by molar-refractivity contribution is 0.201. The Bertz CT molecular complexity index is 576. The molecule has 0 saturated heterocycles. The molecule has 0 atom stereocenters. The second kappa shape index (κ2) is 7.69. The van der Waals surface area contributed by atoms with Crippen LogP contribution in [0.1, 0.15) is 30.4 Å². The van der Waals surface area contributed by atoms with E-state index >= 15 is 0 Å². The highest BCUT2D eigenvalue weighted by molar-refractivity contribution is 5.45. The van der Waals surface area contributed by atoms with Gasteiger partial charge in [0.1, 0.15) is 24.7 Å². The average Bonchev–Trinajstić information content (AvgIpc) is 2.59. The highest BCUT2D eigenvalue weighted by atomic mass is 16.5. The Morgan fingerprint density at radius 3 is 1.42 bits per heavy atom. The normalized spacial score (nSPS) is 15.6. The van der Waals surface area contributed by atoms with Crippen molar-refractivity contribution in [2.45, 2.75) is 24.7 Å². The molecule has 0 radical (unpaired) electrons. The summed E-state index contributed by atoms with van der Waals surface area (Å²) in [5, 5.41) is 17.7. The third-order valence-corrected chi connectivity index (χ3v) is 4.74. The van der Waals surface area contributed by atoms with Crippen molar-refractivity contribution < 1.29 is 19.7 Å². The van der Waals surface area contributed by atoms with Crippen molar-refractivity contribution in [1.82, 2.24) is 0 Å². The van der Waals surface area contributed by atoms with Gasteiger partial charge in [-0.05, 0) is 48.2 Å². The third-order valence-electron chi connectivity index (χ3n) is 4.74. The van der Waals surface area contributed by atoms with E-state index in [-0.39, 0.29) is 18.6 Å². The summed E-state index contributed by atoms with van der Waals surface area (Å²) in [7, 11) is 0. The van der Waals surface area contributed by atoms with Crippen molar-refractivity contribution in [3.8, 4) is 11.5 Å². The Morgan fingerprint density at radius 1 is 0.708 bits per heavy atom. The van der Waals surface area contributed by atoms with Gasteiger partial charge in [0, 0.05) is 5.41 Å². The Hall–Kier alpha value is -2.04. The molecule has 4 heteroatoms. The van der Waals surface area contributed by atoms with E-state index in [4.69, 9.17) is 19.7 Å². The van der Waals surface area contributed by atoms with Crippen LogP contribution in [0, 0.1) is 0 Å². The topological polar surface area (TPSA) is 58.9 Å². The minimum absolute atomic E-state index is 0.0242. The van der Waals surface area contributed by atoms with Crippen molar-refractivity contribution >= 4 is 0 Å². The smallest absolute Gasteiger partial charge is 0.119 e. The van der Waals surface area contributed by atoms with Gasteiger partial charge in [-0.25, -0.2) is 0 Å². The summed E-state index contributed by atoms with van der Waals surface area (Å²) < 4.78 is 10.9. The number of benzene rings is 2. The van der Waals surface area contributed by atoms with Gasteiger partial charge in [-0.3, -0.25) is 0 Å². The highest BCUT2D eigenvalue weighted by Gasteiger charge is 2.40. The first-order valence-corrected chi connectivity index (χ1v) is 8.47. The Balaban J connectivity index is 1.78. The molecule has 1 saturated carbocycles. The zero-order chi connectivity index (χ0) is 16.8. The van der Waals surface area contributed by atoms with Crippen molar-refractivity contribution in [3.63, 3.8) is 0 Å². The van der Waals surface area contributed by atoms with Crippen molar-refractivity contribution in [1.29, 1.82) is 0 Å². The molecule has 2 N–H and O–H groups in total. The molecule has 1 aliphatic rings. The maximum absolute atomic E-state index is 8.83. The molecule has 0 unspecified atom stereocenters. The lowest BCUT2D eigenvalue weighted by Crippen LogP contribution is -2.35. The number of aliphatic hydroxyl groups excluding tert-OH is 2. The minimum Gasteiger partial charge on any atom is -0.491 e. The van der Waals surface area contributed by atoms with E-state index in [2.05, 4.69) is 24.3 Å². The lowest BCUT2D eigenvalue weighted by Gasteiger charge is -2.43. The quantitative estimate of drug-likeness (QED) is 0.782. The second-order valence-corrected chi connectivity index (χ2v) is 6.13. The highest BCUT2D eigenvalue weighted by Crippen LogP contribution is 2.49. The number of hydrogen-bond donors (Lipinski definition) is 2. The summed E-state index contributed by atoms with van der Waals surface area (Å²) in [4.78, 5) is 0. The predicted molar refractivity (Wildman–Crippen MR) is 92.7 cm³/mol. The number of hydrogen-bond acceptors (Lipinski definition) is 4. The molecule has 0 aromatic heterocycles. The first-order valence-electron chi connectivity index (χ1n) is 8.47. The number of ether oxygens (including phenoxy) is 2. The van der Waals surface area contributed by atoms with Crippen molar-refractivity contribution in [2.24, 2.45) is 0 Å². The molecule has 0 amide bonds. The molecule has 3 rings (SSSR count). The molecule has 0 spiro atoms. The summed E-state index contributed by atoms with van der Waals surface area (Å²) in [5.74, 6) is 1.57. The summed E-state index contributed by atoms with van der Waals surface area (Å²) in [5.41, 5.74) is 2.67. The third kappa shape index (κ3) is 3.40. The van der Waals surface area contributed by atoms with Crippen LogP contribution in [-0.4, -0.2) is 36.6 Å². The van der Waals surface area contributed by atoms with Crippen LogP contribution in [0.25, 0.3) is 0 Å². The molecular weight excluding hydrogens is 304 g/mol. The van der Waals surface area contributed by atoms with Crippen LogP contribution in [0.3, 0.4) is 0 Å². The molecular formula is C20H24O4. The van der Waals surface area contributed by atoms with Crippen LogP contribution < -0.4 is 9.47 Å². The van der Waals surface area contributed by atoms with Crippen LogP contribution in [0.15, 0.2) is 48.5 Å². The zero-order valence-electron chi connectivity index (χ0n) is 13.8. The van der Waals surface area contributed by atoms with Gasteiger partial charge in [-0.1, -0.05) is 30.7 Å². The molecule has 24 heavy (non-hydrogen) atoms. The van der Waals surface area contributed by atoms with Gasteiger partial charge >= 0.3 is 0 Å². The fourth-order valence-electron chi connectivity index (χ4n) is 3.34. The minimum atomic E-state index is 0.0242. The van der Waals surface area contributed by atoms with E-state index in [1.54, 1.807) is 0 Å². The van der Waals surface area contributed by atoms with Gasteiger partial charge in [0.05, 0.1) is 13.2 Å². The van der Waals surface area contributed by atoms with E-state index in [1.165, 1.54) is 17.5 Å². The van der Waals surface area contributed by atoms with E-state index in [0.717, 1.165) is 24.3 Å². The molecule has 0 aliphatic heterocycles. The monoisotopic (exact) mass is 328 g/mol. The van der Waals surface area contributed by atoms with Crippen LogP contribution in [-0.2, 0) is 5.41 Å². The van der Waals surface area contributed by atoms with Gasteiger partial charge < -0.3 is 19.7 Å². The van der Waals surface area contributed by atoms with Gasteiger partial charge in [-0.2, -0.15) is 0 Å². The second-order valence-electron chi connectivity index (χ2n) is 6.13. The van der Waals surface area contributed by atoms with Crippen molar-refractivity contribution in [2.75, 3.05) is 26.4 Å². The van der Waals surface area contributed by atoms with E-state index in [9.17, 15) is 0 Å². The molecule has 128 valence electrons. The summed E-state index contributed by atoms with van der Waals surface area (Å²) in [6.45, 7) is 0.687. The van der Waals surface area contributed by atoms with E-state index < -0.39 is 0 Å². The van der Waals surface area contributed by atoms with Crippen LogP contribution in [0.4, 0.5) is 0 Å². The van der Waals surface area contributed by atoms with Crippen LogP contribution >= 0.6 is 0 Å². The van der Waals surface area contributed by atoms with Gasteiger partial charge in [0.25, 0.3) is 0 Å². The molecule has 2 aromatic rings. The predicted octanol–water partition coefficient (Wildman–Crippen LogP) is 2.90. The fourth-order valence-corrected chi connectivity index (χ4v) is 3.34. The largest absolute Gasteiger partial charge is 0.491 e. The molecule has 1 fully saturated rings. The molecule has 4 nitrogen and oxygen atoms in total. The van der Waals surface area contributed by atoms with Gasteiger partial charge in [0.2, 0.25) is 0 Å². The van der Waals surface area contributed by atoms with Gasteiger partial charge in [0.15, 0.2) is 0 Å². The zero-order valence-corrected chi connectivity index (χ0v) is 13.8. The molecule has 0 heterocycles. The maximum Gasteiger partial charge on any atom is 0.119 e. The Morgan fingerprint density at radius 2 is 1.12 bits per heavy atom. The Kier molecular flexibility index (Phi) is 5.38. The fraction of sp³-hybridized carbons (Fsp3) is 0.400. The van der Waals surface area contributed by atoms with Crippen LogP contribution in [0.2, 0.25) is 0 Å². The van der Waals surface area contributed by atoms with Crippen molar-refractivity contribution in [3.05, 3.63) is 59.7 Å². The van der Waals surface area contributed by atoms with E-state index in [1.807, 2.05) is 24.3 Å². The van der Waals surface area contributed by atoms with E-state index in [0.29, 0.717) is 13.2 Å². The number of aliphatic hydroxyl groups is 2. The van der Waals surface area contributed by atoms with Crippen LogP contribution in [0.5, 0.6) is 11.5 Å². The lowest BCUT2D eigenvalue weighted by atomic mass is 9.60. The molecule has 1 aliphatic carbocycles. The molecule has 2 aromatic carbocycles. The SMILES string of the molecule is OCCOc1ccc(C2(c3ccc(OCCO)cc3)CCC2)cc1. The first-order chi connectivity index (χ1) is 11.8. The standard InChI is InChI=1S/C20H24O4/c21-12-14-23-18-6-2-16(3-7-18)20(10-1-11-20)17-4-8-19(9-5-17)24-15-13-22/h2-9,21-22H,1,10-15H2. The summed E-state index contributed by atoms with van der Waals surface area (Å²) >= 11 is 0. The number of rotatable bonds is 8. The Labute approximate surface area is 142 Å². The summed E-state index contributed by atoms with van der Waals surface area (Å²) in [6.07, 6.45) is 3.51. The van der Waals surface area contributed by atoms with Gasteiger partial charge in [-0.15, -0.1) is 0 Å².